The Morgan fingerprint density at radius 3 is 2.40 bits per heavy atom. The first-order chi connectivity index (χ1) is 6.86. The van der Waals surface area contributed by atoms with E-state index in [4.69, 9.17) is 0 Å². The zero-order valence-electron chi connectivity index (χ0n) is 10.8. The average Bonchev–Trinajstić information content (AvgIpc) is 2.39. The van der Waals surface area contributed by atoms with E-state index >= 15 is 0 Å². The predicted octanol–water partition coefficient (Wildman–Crippen LogP) is 2.43. The number of nitrogens with one attached hydrogen (secondary N) is 1. The number of aryl methyl sites for hydroxylation is 2. The van der Waals surface area contributed by atoms with Gasteiger partial charge in [-0.1, -0.05) is 27.7 Å². The maximum Gasteiger partial charge on any atom is 0.0597 e. The van der Waals surface area contributed by atoms with Gasteiger partial charge in [-0.3, -0.25) is 4.68 Å². The second-order valence-corrected chi connectivity index (χ2v) is 5.19. The lowest BCUT2D eigenvalue weighted by atomic mass is 9.84. The van der Waals surface area contributed by atoms with E-state index in [0.29, 0.717) is 6.04 Å². The van der Waals surface area contributed by atoms with Crippen LogP contribution in [0.3, 0.4) is 0 Å². The molecular formula is C12H23N3. The second kappa shape index (κ2) is 4.35. The lowest BCUT2D eigenvalue weighted by Gasteiger charge is -2.31. The Morgan fingerprint density at radius 2 is 2.07 bits per heavy atom. The molecular weight excluding hydrogens is 186 g/mol. The third kappa shape index (κ3) is 2.81. The third-order valence-electron chi connectivity index (χ3n) is 2.61. The van der Waals surface area contributed by atoms with E-state index in [9.17, 15) is 0 Å². The van der Waals surface area contributed by atoms with Gasteiger partial charge in [-0.05, 0) is 24.9 Å². The number of hydrogen-bond donors (Lipinski definition) is 1. The van der Waals surface area contributed by atoms with Crippen LogP contribution in [-0.2, 0) is 7.05 Å². The molecule has 0 radical (unpaired) electrons. The maximum absolute atomic E-state index is 4.40. The fraction of sp³-hybridized carbons (Fsp3) is 0.750. The molecule has 86 valence electrons. The van der Waals surface area contributed by atoms with Crippen LogP contribution < -0.4 is 5.32 Å². The Kier molecular flexibility index (Phi) is 3.55. The molecule has 1 rings (SSSR count). The quantitative estimate of drug-likeness (QED) is 0.828. The first-order valence-electron chi connectivity index (χ1n) is 5.60. The fourth-order valence-electron chi connectivity index (χ4n) is 1.96. The molecule has 3 heteroatoms. The summed E-state index contributed by atoms with van der Waals surface area (Å²) < 4.78 is 1.98. The van der Waals surface area contributed by atoms with Crippen molar-refractivity contribution >= 4 is 0 Å². The molecule has 0 aromatic carbocycles. The molecule has 3 nitrogen and oxygen atoms in total. The van der Waals surface area contributed by atoms with Gasteiger partial charge < -0.3 is 5.32 Å². The number of hydrogen-bond acceptors (Lipinski definition) is 2. The van der Waals surface area contributed by atoms with Crippen molar-refractivity contribution in [2.24, 2.45) is 12.5 Å². The van der Waals surface area contributed by atoms with Crippen LogP contribution in [0.5, 0.6) is 0 Å². The lowest BCUT2D eigenvalue weighted by molar-refractivity contribution is 0.265. The molecule has 15 heavy (non-hydrogen) atoms. The average molecular weight is 209 g/mol. The smallest absolute Gasteiger partial charge is 0.0597 e. The zero-order chi connectivity index (χ0) is 11.6. The fourth-order valence-corrected chi connectivity index (χ4v) is 1.96. The molecule has 0 saturated carbocycles. The summed E-state index contributed by atoms with van der Waals surface area (Å²) >= 11 is 0. The lowest BCUT2D eigenvalue weighted by Crippen LogP contribution is -2.33. The Labute approximate surface area is 92.9 Å². The van der Waals surface area contributed by atoms with Crippen LogP contribution in [0.4, 0.5) is 0 Å². The minimum absolute atomic E-state index is 0.205. The van der Waals surface area contributed by atoms with E-state index in [1.54, 1.807) is 0 Å². The number of aromatic nitrogens is 2. The molecule has 0 amide bonds. The highest BCUT2D eigenvalue weighted by Gasteiger charge is 2.27. The standard InChI is InChI=1S/C12H23N3/c1-7-13-11(12(3,4)5)10-8-9(2)14-15(10)6/h8,11,13H,7H2,1-6H3. The van der Waals surface area contributed by atoms with E-state index in [0.717, 1.165) is 12.2 Å². The van der Waals surface area contributed by atoms with Crippen molar-refractivity contribution < 1.29 is 0 Å². The van der Waals surface area contributed by atoms with Crippen LogP contribution in [0.25, 0.3) is 0 Å². The SMILES string of the molecule is CCNC(c1cc(C)nn1C)C(C)(C)C. The van der Waals surface area contributed by atoms with Crippen LogP contribution in [-0.4, -0.2) is 16.3 Å². The highest BCUT2D eigenvalue weighted by molar-refractivity contribution is 5.15. The first kappa shape index (κ1) is 12.2. The molecule has 1 unspecified atom stereocenters. The molecule has 1 aromatic rings. The highest BCUT2D eigenvalue weighted by atomic mass is 15.3. The summed E-state index contributed by atoms with van der Waals surface area (Å²) in [6, 6.07) is 2.52. The monoisotopic (exact) mass is 209 g/mol. The summed E-state index contributed by atoms with van der Waals surface area (Å²) in [7, 11) is 2.01. The molecule has 0 spiro atoms. The van der Waals surface area contributed by atoms with Gasteiger partial charge in [-0.15, -0.1) is 0 Å². The van der Waals surface area contributed by atoms with Crippen molar-refractivity contribution in [3.05, 3.63) is 17.5 Å². The Balaban J connectivity index is 3.04. The number of rotatable bonds is 3. The summed E-state index contributed by atoms with van der Waals surface area (Å²) in [6.45, 7) is 11.9. The molecule has 0 bridgehead atoms. The van der Waals surface area contributed by atoms with Crippen LogP contribution >= 0.6 is 0 Å². The summed E-state index contributed by atoms with van der Waals surface area (Å²) in [5.41, 5.74) is 2.55. The molecule has 1 atom stereocenters. The van der Waals surface area contributed by atoms with Crippen LogP contribution in [0.15, 0.2) is 6.07 Å². The van der Waals surface area contributed by atoms with Gasteiger partial charge in [0.05, 0.1) is 17.4 Å². The normalized spacial score (nSPS) is 14.3. The maximum atomic E-state index is 4.40. The Morgan fingerprint density at radius 1 is 1.47 bits per heavy atom. The van der Waals surface area contributed by atoms with Gasteiger partial charge in [0.2, 0.25) is 0 Å². The van der Waals surface area contributed by atoms with Crippen LogP contribution in [0.2, 0.25) is 0 Å². The van der Waals surface area contributed by atoms with Crippen molar-refractivity contribution in [3.8, 4) is 0 Å². The van der Waals surface area contributed by atoms with Crippen molar-refractivity contribution in [1.82, 2.24) is 15.1 Å². The predicted molar refractivity (Wildman–Crippen MR) is 63.8 cm³/mol. The molecule has 0 aliphatic carbocycles. The third-order valence-corrected chi connectivity index (χ3v) is 2.61. The van der Waals surface area contributed by atoms with Gasteiger partial charge in [0, 0.05) is 7.05 Å². The van der Waals surface area contributed by atoms with E-state index < -0.39 is 0 Å². The first-order valence-corrected chi connectivity index (χ1v) is 5.60. The largest absolute Gasteiger partial charge is 0.308 e. The van der Waals surface area contributed by atoms with Crippen molar-refractivity contribution in [2.75, 3.05) is 6.54 Å². The van der Waals surface area contributed by atoms with Crippen molar-refractivity contribution in [1.29, 1.82) is 0 Å². The van der Waals surface area contributed by atoms with Gasteiger partial charge >= 0.3 is 0 Å². The van der Waals surface area contributed by atoms with Crippen LogP contribution in [0.1, 0.15) is 45.1 Å². The minimum Gasteiger partial charge on any atom is -0.308 e. The second-order valence-electron chi connectivity index (χ2n) is 5.19. The van der Waals surface area contributed by atoms with E-state index in [2.05, 4.69) is 44.2 Å². The molecule has 0 aliphatic heterocycles. The summed E-state index contributed by atoms with van der Waals surface area (Å²) in [6.07, 6.45) is 0. The van der Waals surface area contributed by atoms with Gasteiger partial charge in [0.1, 0.15) is 0 Å². The van der Waals surface area contributed by atoms with Gasteiger partial charge in [0.15, 0.2) is 0 Å². The molecule has 1 heterocycles. The summed E-state index contributed by atoms with van der Waals surface area (Å²) in [5.74, 6) is 0. The summed E-state index contributed by atoms with van der Waals surface area (Å²) in [5, 5.41) is 7.94. The van der Waals surface area contributed by atoms with Crippen molar-refractivity contribution in [3.63, 3.8) is 0 Å². The van der Waals surface area contributed by atoms with Crippen molar-refractivity contribution in [2.45, 2.75) is 40.7 Å². The van der Waals surface area contributed by atoms with Gasteiger partial charge in [0.25, 0.3) is 0 Å². The molecule has 0 saturated heterocycles. The zero-order valence-corrected chi connectivity index (χ0v) is 10.8. The van der Waals surface area contributed by atoms with E-state index in [1.807, 2.05) is 18.7 Å². The molecule has 1 N–H and O–H groups in total. The molecule has 1 aromatic heterocycles. The van der Waals surface area contributed by atoms with E-state index in [-0.39, 0.29) is 5.41 Å². The molecule has 0 fully saturated rings. The van der Waals surface area contributed by atoms with E-state index in [1.165, 1.54) is 5.69 Å². The summed E-state index contributed by atoms with van der Waals surface area (Å²) in [4.78, 5) is 0. The van der Waals surface area contributed by atoms with Crippen LogP contribution in [0, 0.1) is 12.3 Å². The van der Waals surface area contributed by atoms with Gasteiger partial charge in [-0.2, -0.15) is 5.10 Å². The topological polar surface area (TPSA) is 29.9 Å². The number of nitrogens with zero attached hydrogens (tertiary/aromatic N) is 2. The van der Waals surface area contributed by atoms with Gasteiger partial charge in [-0.25, -0.2) is 0 Å². The minimum atomic E-state index is 0.205. The molecule has 0 aliphatic rings. The Bertz CT molecular complexity index is 320. The highest BCUT2D eigenvalue weighted by Crippen LogP contribution is 2.32. The Hall–Kier alpha value is -0.830.